The van der Waals surface area contributed by atoms with E-state index in [0.29, 0.717) is 17.3 Å². The lowest BCUT2D eigenvalue weighted by molar-refractivity contribution is 0.00873. The second-order valence-electron chi connectivity index (χ2n) is 8.41. The molecule has 1 fully saturated rings. The summed E-state index contributed by atoms with van der Waals surface area (Å²) in [5.74, 6) is 1.22. The minimum Gasteiger partial charge on any atom is -0.472 e. The van der Waals surface area contributed by atoms with Crippen molar-refractivity contribution in [2.45, 2.75) is 65.9 Å². The van der Waals surface area contributed by atoms with Crippen LogP contribution in [0.4, 0.5) is 0 Å². The molecule has 0 aromatic carbocycles. The molecule has 1 aromatic rings. The van der Waals surface area contributed by atoms with Gasteiger partial charge in [0.15, 0.2) is 0 Å². The fraction of sp³-hybridized carbons (Fsp3) is 0.700. The number of hydrogen-bond donors (Lipinski definition) is 1. The molecule has 2 aliphatic rings. The van der Waals surface area contributed by atoms with Crippen LogP contribution in [0.1, 0.15) is 71.5 Å². The van der Waals surface area contributed by atoms with E-state index in [1.165, 1.54) is 19.3 Å². The van der Waals surface area contributed by atoms with Crippen LogP contribution in [0.15, 0.2) is 34.7 Å². The third kappa shape index (κ3) is 2.56. The van der Waals surface area contributed by atoms with E-state index in [-0.39, 0.29) is 5.41 Å². The minimum absolute atomic E-state index is 0.165. The summed E-state index contributed by atoms with van der Waals surface area (Å²) >= 11 is 0. The molecule has 1 aromatic heterocycles. The molecular weight excluding hydrogens is 272 g/mol. The summed E-state index contributed by atoms with van der Waals surface area (Å²) in [6, 6.07) is 1.89. The van der Waals surface area contributed by atoms with Crippen molar-refractivity contribution in [3.63, 3.8) is 0 Å². The molecule has 0 radical (unpaired) electrons. The Bertz CT molecular complexity index is 540. The van der Waals surface area contributed by atoms with Crippen molar-refractivity contribution in [2.24, 2.45) is 22.7 Å². The summed E-state index contributed by atoms with van der Waals surface area (Å²) in [4.78, 5) is 0. The highest BCUT2D eigenvalue weighted by Gasteiger charge is 2.48. The number of fused-ring (bicyclic) bond motifs is 1. The lowest BCUT2D eigenvalue weighted by Crippen LogP contribution is -2.44. The Morgan fingerprint density at radius 1 is 1.36 bits per heavy atom. The Kier molecular flexibility index (Phi) is 4.01. The summed E-state index contributed by atoms with van der Waals surface area (Å²) in [5.41, 5.74) is 3.06. The molecule has 0 amide bonds. The van der Waals surface area contributed by atoms with Gasteiger partial charge in [0.1, 0.15) is 0 Å². The highest BCUT2D eigenvalue weighted by Crippen LogP contribution is 2.58. The third-order valence-corrected chi connectivity index (χ3v) is 6.63. The molecule has 0 spiro atoms. The van der Waals surface area contributed by atoms with Gasteiger partial charge in [0.05, 0.1) is 18.6 Å². The number of aliphatic hydroxyl groups excluding tert-OH is 1. The van der Waals surface area contributed by atoms with Gasteiger partial charge >= 0.3 is 0 Å². The zero-order chi connectivity index (χ0) is 16.0. The van der Waals surface area contributed by atoms with Crippen molar-refractivity contribution in [3.8, 4) is 0 Å². The quantitative estimate of drug-likeness (QED) is 0.748. The van der Waals surface area contributed by atoms with Crippen LogP contribution in [0, 0.1) is 22.7 Å². The van der Waals surface area contributed by atoms with Crippen LogP contribution in [-0.4, -0.2) is 5.11 Å². The standard InChI is InChI=1S/C20H30O2/c1-14-7-8-16-17(6-5-10-19(16,2)3)20(14,4)12-18(21)15-9-11-22-13-15/h8-9,11,13-14,17-18,21H,5-7,10,12H2,1-4H3/t14-,17-,18?,20+/m1/s1. The van der Waals surface area contributed by atoms with Crippen molar-refractivity contribution in [3.05, 3.63) is 35.8 Å². The monoisotopic (exact) mass is 302 g/mol. The molecule has 0 aliphatic heterocycles. The first-order valence-corrected chi connectivity index (χ1v) is 8.75. The van der Waals surface area contributed by atoms with Gasteiger partial charge in [0, 0.05) is 5.56 Å². The Balaban J connectivity index is 1.89. The Hall–Kier alpha value is -1.02. The maximum Gasteiger partial charge on any atom is 0.0960 e. The Morgan fingerprint density at radius 3 is 2.82 bits per heavy atom. The molecule has 1 heterocycles. The number of aliphatic hydroxyl groups is 1. The molecule has 2 heteroatoms. The number of hydrogen-bond acceptors (Lipinski definition) is 2. The van der Waals surface area contributed by atoms with E-state index in [4.69, 9.17) is 4.42 Å². The van der Waals surface area contributed by atoms with E-state index in [9.17, 15) is 5.11 Å². The average Bonchev–Trinajstić information content (AvgIpc) is 2.97. The van der Waals surface area contributed by atoms with Crippen LogP contribution in [-0.2, 0) is 0 Å². The summed E-state index contributed by atoms with van der Waals surface area (Å²) in [7, 11) is 0. The molecule has 1 N–H and O–H groups in total. The van der Waals surface area contributed by atoms with Gasteiger partial charge in [-0.3, -0.25) is 0 Å². The first-order chi connectivity index (χ1) is 10.3. The maximum atomic E-state index is 10.7. The van der Waals surface area contributed by atoms with E-state index in [0.717, 1.165) is 18.4 Å². The number of rotatable bonds is 3. The summed E-state index contributed by atoms with van der Waals surface area (Å²) in [5, 5.41) is 10.7. The van der Waals surface area contributed by atoms with Crippen molar-refractivity contribution in [2.75, 3.05) is 0 Å². The molecule has 122 valence electrons. The summed E-state index contributed by atoms with van der Waals surface area (Å²) in [6.45, 7) is 9.55. The van der Waals surface area contributed by atoms with Gasteiger partial charge in [0.2, 0.25) is 0 Å². The Labute approximate surface area is 134 Å². The lowest BCUT2D eigenvalue weighted by atomic mass is 9.51. The van der Waals surface area contributed by atoms with Crippen molar-refractivity contribution < 1.29 is 9.52 Å². The van der Waals surface area contributed by atoms with E-state index < -0.39 is 6.10 Å². The first-order valence-electron chi connectivity index (χ1n) is 8.75. The van der Waals surface area contributed by atoms with Gasteiger partial charge < -0.3 is 9.52 Å². The van der Waals surface area contributed by atoms with E-state index in [1.54, 1.807) is 18.1 Å². The van der Waals surface area contributed by atoms with Gasteiger partial charge in [-0.1, -0.05) is 45.8 Å². The molecule has 0 bridgehead atoms. The molecule has 2 aliphatic carbocycles. The number of furan rings is 1. The van der Waals surface area contributed by atoms with Crippen molar-refractivity contribution >= 4 is 0 Å². The largest absolute Gasteiger partial charge is 0.472 e. The molecule has 0 saturated heterocycles. The molecule has 2 nitrogen and oxygen atoms in total. The van der Waals surface area contributed by atoms with Crippen LogP contribution in [0.25, 0.3) is 0 Å². The zero-order valence-electron chi connectivity index (χ0n) is 14.4. The van der Waals surface area contributed by atoms with Gasteiger partial charge in [-0.2, -0.15) is 0 Å². The van der Waals surface area contributed by atoms with E-state index in [2.05, 4.69) is 33.8 Å². The lowest BCUT2D eigenvalue weighted by Gasteiger charge is -2.53. The van der Waals surface area contributed by atoms with E-state index in [1.807, 2.05) is 6.07 Å². The fourth-order valence-corrected chi connectivity index (χ4v) is 4.88. The SMILES string of the molecule is C[C@@H]1CC=C2[C@@H](CCCC2(C)C)[C@@]1(C)CC(O)c1ccoc1. The smallest absolute Gasteiger partial charge is 0.0960 e. The molecule has 4 atom stereocenters. The normalized spacial score (nSPS) is 35.6. The van der Waals surface area contributed by atoms with Gasteiger partial charge in [0.25, 0.3) is 0 Å². The van der Waals surface area contributed by atoms with Crippen LogP contribution < -0.4 is 0 Å². The molecule has 22 heavy (non-hydrogen) atoms. The molecule has 1 unspecified atom stereocenters. The van der Waals surface area contributed by atoms with E-state index >= 15 is 0 Å². The fourth-order valence-electron chi connectivity index (χ4n) is 4.88. The highest BCUT2D eigenvalue weighted by molar-refractivity contribution is 5.25. The van der Waals surface area contributed by atoms with Crippen molar-refractivity contribution in [1.82, 2.24) is 0 Å². The van der Waals surface area contributed by atoms with Gasteiger partial charge in [-0.05, 0) is 54.4 Å². The maximum absolute atomic E-state index is 10.7. The van der Waals surface area contributed by atoms with Crippen LogP contribution in [0.2, 0.25) is 0 Å². The second kappa shape index (κ2) is 5.56. The Morgan fingerprint density at radius 2 is 2.14 bits per heavy atom. The first kappa shape index (κ1) is 15.9. The van der Waals surface area contributed by atoms with Gasteiger partial charge in [-0.15, -0.1) is 0 Å². The predicted octanol–water partition coefficient (Wildman–Crippen LogP) is 5.50. The van der Waals surface area contributed by atoms with Crippen LogP contribution in [0.5, 0.6) is 0 Å². The van der Waals surface area contributed by atoms with Crippen LogP contribution in [0.3, 0.4) is 0 Å². The zero-order valence-corrected chi connectivity index (χ0v) is 14.4. The predicted molar refractivity (Wildman–Crippen MR) is 89.4 cm³/mol. The highest BCUT2D eigenvalue weighted by atomic mass is 16.3. The third-order valence-electron chi connectivity index (χ3n) is 6.63. The molecule has 3 rings (SSSR count). The number of allylic oxidation sites excluding steroid dienone is 2. The minimum atomic E-state index is -0.421. The topological polar surface area (TPSA) is 33.4 Å². The molecular formula is C20H30O2. The van der Waals surface area contributed by atoms with Crippen LogP contribution >= 0.6 is 0 Å². The summed E-state index contributed by atoms with van der Waals surface area (Å²) in [6.07, 6.45) is 11.3. The second-order valence-corrected chi connectivity index (χ2v) is 8.41. The average molecular weight is 302 g/mol. The van der Waals surface area contributed by atoms with Crippen molar-refractivity contribution in [1.29, 1.82) is 0 Å². The summed E-state index contributed by atoms with van der Waals surface area (Å²) < 4.78 is 5.15. The van der Waals surface area contributed by atoms with Gasteiger partial charge in [-0.25, -0.2) is 0 Å². The molecule has 1 saturated carbocycles.